The van der Waals surface area contributed by atoms with Crippen LogP contribution in [0.25, 0.3) is 0 Å². The van der Waals surface area contributed by atoms with E-state index in [1.807, 2.05) is 11.8 Å². The molecule has 116 valence electrons. The topological polar surface area (TPSA) is 47.0 Å². The third-order valence-corrected chi connectivity index (χ3v) is 4.41. The van der Waals surface area contributed by atoms with Crippen LogP contribution in [0.1, 0.15) is 26.2 Å². The zero-order valence-corrected chi connectivity index (χ0v) is 12.9. The molecule has 1 N–H and O–H groups in total. The number of carbonyl (C=O) groups excluding carboxylic acids is 1. The molecule has 5 nitrogen and oxygen atoms in total. The van der Waals surface area contributed by atoms with E-state index in [1.165, 1.54) is 12.8 Å². The highest BCUT2D eigenvalue weighted by atomic mass is 16.3. The summed E-state index contributed by atoms with van der Waals surface area (Å²) in [5.74, 6) is 0.972. The molecule has 2 aliphatic rings. The van der Waals surface area contributed by atoms with E-state index in [4.69, 9.17) is 0 Å². The molecule has 0 spiro atoms. The Labute approximate surface area is 122 Å². The molecule has 2 saturated heterocycles. The second kappa shape index (κ2) is 7.38. The van der Waals surface area contributed by atoms with Crippen LogP contribution in [0.4, 0.5) is 0 Å². The first-order valence-electron chi connectivity index (χ1n) is 7.91. The lowest BCUT2D eigenvalue weighted by Crippen LogP contribution is -2.47. The van der Waals surface area contributed by atoms with Gasteiger partial charge in [0.15, 0.2) is 0 Å². The minimum absolute atomic E-state index is 0.233. The number of rotatable bonds is 6. The number of aliphatic hydroxyl groups is 1. The van der Waals surface area contributed by atoms with Crippen molar-refractivity contribution >= 4 is 5.91 Å². The van der Waals surface area contributed by atoms with E-state index in [9.17, 15) is 9.90 Å². The van der Waals surface area contributed by atoms with Crippen molar-refractivity contribution < 1.29 is 9.90 Å². The molecule has 5 heteroatoms. The number of carbonyl (C=O) groups is 1. The first kappa shape index (κ1) is 15.7. The van der Waals surface area contributed by atoms with Gasteiger partial charge in [-0.15, -0.1) is 0 Å². The van der Waals surface area contributed by atoms with Gasteiger partial charge in [0.1, 0.15) is 0 Å². The van der Waals surface area contributed by atoms with E-state index >= 15 is 0 Å². The van der Waals surface area contributed by atoms with Gasteiger partial charge in [-0.3, -0.25) is 9.69 Å². The van der Waals surface area contributed by atoms with Crippen LogP contribution in [0.3, 0.4) is 0 Å². The standard InChI is InChI=1S/C15H29N3O2/c1-13(19)10-17-8-4-14(5-9-17)11-16(2)12-15(20)18-6-3-7-18/h13-14,19H,3-12H2,1-2H3/t13-/m0/s1. The van der Waals surface area contributed by atoms with Crippen LogP contribution >= 0.6 is 0 Å². The van der Waals surface area contributed by atoms with Crippen LogP contribution in [0.5, 0.6) is 0 Å². The van der Waals surface area contributed by atoms with Crippen molar-refractivity contribution in [3.63, 3.8) is 0 Å². The molecular weight excluding hydrogens is 254 g/mol. The summed E-state index contributed by atoms with van der Waals surface area (Å²) >= 11 is 0. The average molecular weight is 283 g/mol. The van der Waals surface area contributed by atoms with Gasteiger partial charge in [0.25, 0.3) is 0 Å². The van der Waals surface area contributed by atoms with Crippen molar-refractivity contribution in [3.05, 3.63) is 0 Å². The molecule has 0 aromatic heterocycles. The highest BCUT2D eigenvalue weighted by molar-refractivity contribution is 5.78. The number of piperidine rings is 1. The van der Waals surface area contributed by atoms with E-state index in [1.54, 1.807) is 0 Å². The van der Waals surface area contributed by atoms with E-state index in [0.717, 1.165) is 45.7 Å². The number of amides is 1. The minimum Gasteiger partial charge on any atom is -0.392 e. The van der Waals surface area contributed by atoms with Crippen LogP contribution in [-0.4, -0.2) is 84.7 Å². The number of β-amino-alcohol motifs (C(OH)–C–C–N with tert-alkyl or cyclic N) is 1. The summed E-state index contributed by atoms with van der Waals surface area (Å²) in [6.45, 7) is 8.26. The normalized spacial score (nSPS) is 22.9. The first-order chi connectivity index (χ1) is 9.54. The van der Waals surface area contributed by atoms with Gasteiger partial charge in [-0.2, -0.15) is 0 Å². The molecular formula is C15H29N3O2. The molecule has 1 amide bonds. The molecule has 2 rings (SSSR count). The Hall–Kier alpha value is -0.650. The van der Waals surface area contributed by atoms with Gasteiger partial charge in [-0.05, 0) is 52.2 Å². The second-order valence-corrected chi connectivity index (χ2v) is 6.52. The Balaban J connectivity index is 1.63. The number of hydrogen-bond acceptors (Lipinski definition) is 4. The Morgan fingerprint density at radius 3 is 2.45 bits per heavy atom. The Kier molecular flexibility index (Phi) is 5.81. The summed E-state index contributed by atoms with van der Waals surface area (Å²) in [5, 5.41) is 9.40. The molecule has 1 atom stereocenters. The molecule has 2 heterocycles. The van der Waals surface area contributed by atoms with Crippen molar-refractivity contribution in [2.75, 3.05) is 52.9 Å². The third kappa shape index (κ3) is 4.72. The van der Waals surface area contributed by atoms with Crippen LogP contribution in [0.15, 0.2) is 0 Å². The maximum atomic E-state index is 11.9. The molecule has 0 saturated carbocycles. The highest BCUT2D eigenvalue weighted by Gasteiger charge is 2.24. The van der Waals surface area contributed by atoms with Crippen molar-refractivity contribution in [2.45, 2.75) is 32.3 Å². The molecule has 2 aliphatic heterocycles. The average Bonchev–Trinajstić information content (AvgIpc) is 2.28. The molecule has 0 radical (unpaired) electrons. The maximum Gasteiger partial charge on any atom is 0.236 e. The van der Waals surface area contributed by atoms with Gasteiger partial charge in [0.05, 0.1) is 12.6 Å². The zero-order valence-electron chi connectivity index (χ0n) is 12.9. The molecule has 2 fully saturated rings. The van der Waals surface area contributed by atoms with Gasteiger partial charge in [0.2, 0.25) is 5.91 Å². The lowest BCUT2D eigenvalue weighted by Gasteiger charge is -2.35. The van der Waals surface area contributed by atoms with Gasteiger partial charge < -0.3 is 14.9 Å². The molecule has 0 aliphatic carbocycles. The fraction of sp³-hybridized carbons (Fsp3) is 0.933. The Bertz CT molecular complexity index is 310. The summed E-state index contributed by atoms with van der Waals surface area (Å²) in [6.07, 6.45) is 3.28. The predicted octanol–water partition coefficient (Wildman–Crippen LogP) is 0.243. The van der Waals surface area contributed by atoms with Crippen LogP contribution in [-0.2, 0) is 4.79 Å². The van der Waals surface area contributed by atoms with Crippen molar-refractivity contribution in [3.8, 4) is 0 Å². The lowest BCUT2D eigenvalue weighted by atomic mass is 9.96. The Morgan fingerprint density at radius 1 is 1.30 bits per heavy atom. The summed E-state index contributed by atoms with van der Waals surface area (Å²) in [4.78, 5) is 18.4. The first-order valence-corrected chi connectivity index (χ1v) is 7.91. The summed E-state index contributed by atoms with van der Waals surface area (Å²) in [7, 11) is 2.06. The fourth-order valence-corrected chi connectivity index (χ4v) is 3.13. The summed E-state index contributed by atoms with van der Waals surface area (Å²) < 4.78 is 0. The predicted molar refractivity (Wildman–Crippen MR) is 79.5 cm³/mol. The smallest absolute Gasteiger partial charge is 0.236 e. The molecule has 20 heavy (non-hydrogen) atoms. The van der Waals surface area contributed by atoms with Gasteiger partial charge in [0, 0.05) is 26.2 Å². The maximum absolute atomic E-state index is 11.9. The van der Waals surface area contributed by atoms with Gasteiger partial charge >= 0.3 is 0 Å². The molecule has 0 aromatic carbocycles. The number of likely N-dealkylation sites (N-methyl/N-ethyl adjacent to an activating group) is 1. The number of aliphatic hydroxyl groups excluding tert-OH is 1. The number of hydrogen-bond donors (Lipinski definition) is 1. The molecule has 0 aromatic rings. The van der Waals surface area contributed by atoms with Crippen molar-refractivity contribution in [2.24, 2.45) is 5.92 Å². The van der Waals surface area contributed by atoms with Gasteiger partial charge in [-0.25, -0.2) is 0 Å². The quantitative estimate of drug-likeness (QED) is 0.759. The summed E-state index contributed by atoms with van der Waals surface area (Å²) in [6, 6.07) is 0. The minimum atomic E-state index is -0.233. The van der Waals surface area contributed by atoms with Crippen LogP contribution in [0, 0.1) is 5.92 Å². The van der Waals surface area contributed by atoms with Crippen molar-refractivity contribution in [1.29, 1.82) is 0 Å². The van der Waals surface area contributed by atoms with Crippen molar-refractivity contribution in [1.82, 2.24) is 14.7 Å². The SMILES string of the molecule is C[C@H](O)CN1CCC(CN(C)CC(=O)N2CCC2)CC1. The van der Waals surface area contributed by atoms with E-state index in [-0.39, 0.29) is 12.0 Å². The Morgan fingerprint density at radius 2 is 1.95 bits per heavy atom. The molecule has 0 bridgehead atoms. The number of nitrogens with zero attached hydrogens (tertiary/aromatic N) is 3. The largest absolute Gasteiger partial charge is 0.392 e. The summed E-state index contributed by atoms with van der Waals surface area (Å²) in [5.41, 5.74) is 0. The zero-order chi connectivity index (χ0) is 14.5. The van der Waals surface area contributed by atoms with Crippen LogP contribution < -0.4 is 0 Å². The third-order valence-electron chi connectivity index (χ3n) is 4.41. The second-order valence-electron chi connectivity index (χ2n) is 6.52. The fourth-order valence-electron chi connectivity index (χ4n) is 3.13. The monoisotopic (exact) mass is 283 g/mol. The van der Waals surface area contributed by atoms with E-state index in [0.29, 0.717) is 12.5 Å². The number of likely N-dealkylation sites (tertiary alicyclic amines) is 2. The highest BCUT2D eigenvalue weighted by Crippen LogP contribution is 2.18. The van der Waals surface area contributed by atoms with Crippen LogP contribution in [0.2, 0.25) is 0 Å². The van der Waals surface area contributed by atoms with E-state index in [2.05, 4.69) is 16.8 Å². The lowest BCUT2D eigenvalue weighted by molar-refractivity contribution is -0.135. The molecule has 0 unspecified atom stereocenters. The van der Waals surface area contributed by atoms with Gasteiger partial charge in [-0.1, -0.05) is 0 Å². The van der Waals surface area contributed by atoms with E-state index < -0.39 is 0 Å².